The Bertz CT molecular complexity index is 423. The smallest absolute Gasteiger partial charge is 0.0482 e. The number of aromatic nitrogens is 1. The van der Waals surface area contributed by atoms with E-state index < -0.39 is 0 Å². The molecule has 0 amide bonds. The summed E-state index contributed by atoms with van der Waals surface area (Å²) in [7, 11) is 2.13. The van der Waals surface area contributed by atoms with Crippen LogP contribution in [0.15, 0.2) is 18.3 Å². The molecule has 1 saturated carbocycles. The molecule has 2 aliphatic carbocycles. The van der Waals surface area contributed by atoms with Gasteiger partial charge >= 0.3 is 0 Å². The quantitative estimate of drug-likeness (QED) is 0.874. The Morgan fingerprint density at radius 3 is 2.90 bits per heavy atom. The molecule has 2 unspecified atom stereocenters. The number of pyridine rings is 1. The van der Waals surface area contributed by atoms with Crippen LogP contribution in [-0.2, 0) is 6.42 Å². The van der Waals surface area contributed by atoms with Crippen LogP contribution in [0, 0.1) is 5.92 Å². The molecule has 3 rings (SSSR count). The summed E-state index contributed by atoms with van der Waals surface area (Å²) in [6.45, 7) is 0. The molecule has 0 bridgehead atoms. The lowest BCUT2D eigenvalue weighted by molar-refractivity contribution is 0.303. The highest BCUT2D eigenvalue weighted by molar-refractivity contribution is 5.29. The van der Waals surface area contributed by atoms with Crippen LogP contribution in [0.25, 0.3) is 0 Å². The number of nitrogens with zero attached hydrogens (tertiary/aromatic N) is 1. The highest BCUT2D eigenvalue weighted by Crippen LogP contribution is 2.36. The molecule has 0 spiro atoms. The van der Waals surface area contributed by atoms with Crippen molar-refractivity contribution in [2.24, 2.45) is 5.92 Å². The molecule has 110 valence electrons. The van der Waals surface area contributed by atoms with Gasteiger partial charge in [-0.05, 0) is 50.3 Å². The molecular formula is C18H28N2. The number of hydrogen-bond acceptors (Lipinski definition) is 2. The Morgan fingerprint density at radius 1 is 1.25 bits per heavy atom. The van der Waals surface area contributed by atoms with Gasteiger partial charge in [0.25, 0.3) is 0 Å². The summed E-state index contributed by atoms with van der Waals surface area (Å²) in [4.78, 5) is 4.66. The molecule has 1 fully saturated rings. The molecule has 2 heteroatoms. The third kappa shape index (κ3) is 3.06. The minimum atomic E-state index is 0.619. The molecule has 1 aromatic heterocycles. The normalized spacial score (nSPS) is 24.6. The molecular weight excluding hydrogens is 244 g/mol. The van der Waals surface area contributed by atoms with E-state index >= 15 is 0 Å². The van der Waals surface area contributed by atoms with Gasteiger partial charge in [0.2, 0.25) is 0 Å². The molecule has 0 aliphatic heterocycles. The number of fused-ring (bicyclic) bond motifs is 1. The average molecular weight is 272 g/mol. The molecule has 2 atom stereocenters. The predicted octanol–water partition coefficient (Wildman–Crippen LogP) is 4.06. The number of nitrogens with one attached hydrogen (secondary N) is 1. The second-order valence-corrected chi connectivity index (χ2v) is 6.67. The van der Waals surface area contributed by atoms with Crippen LogP contribution in [0.1, 0.15) is 68.5 Å². The summed E-state index contributed by atoms with van der Waals surface area (Å²) in [5.74, 6) is 1.63. The third-order valence-electron chi connectivity index (χ3n) is 5.47. The highest BCUT2D eigenvalue weighted by Gasteiger charge is 2.30. The van der Waals surface area contributed by atoms with Crippen LogP contribution in [0.4, 0.5) is 0 Å². The van der Waals surface area contributed by atoms with Crippen LogP contribution in [0.3, 0.4) is 0 Å². The second kappa shape index (κ2) is 6.71. The van der Waals surface area contributed by atoms with E-state index in [2.05, 4.69) is 29.5 Å². The maximum atomic E-state index is 4.66. The van der Waals surface area contributed by atoms with E-state index in [0.717, 1.165) is 5.92 Å². The number of hydrogen-bond donors (Lipinski definition) is 1. The number of likely N-dealkylation sites (N-methyl/N-ethyl adjacent to an activating group) is 1. The fourth-order valence-electron chi connectivity index (χ4n) is 4.27. The van der Waals surface area contributed by atoms with Crippen LogP contribution in [0.5, 0.6) is 0 Å². The van der Waals surface area contributed by atoms with E-state index in [1.165, 1.54) is 69.0 Å². The Morgan fingerprint density at radius 2 is 2.10 bits per heavy atom. The lowest BCUT2D eigenvalue weighted by atomic mass is 9.83. The Hall–Kier alpha value is -0.890. The van der Waals surface area contributed by atoms with E-state index in [0.29, 0.717) is 12.0 Å². The van der Waals surface area contributed by atoms with Crippen LogP contribution < -0.4 is 5.32 Å². The van der Waals surface area contributed by atoms with Crippen LogP contribution >= 0.6 is 0 Å². The molecule has 0 saturated heterocycles. The van der Waals surface area contributed by atoms with E-state index in [1.54, 1.807) is 0 Å². The zero-order chi connectivity index (χ0) is 13.8. The van der Waals surface area contributed by atoms with Crippen molar-refractivity contribution in [1.29, 1.82) is 0 Å². The predicted molar refractivity (Wildman–Crippen MR) is 84.0 cm³/mol. The molecule has 2 nitrogen and oxygen atoms in total. The van der Waals surface area contributed by atoms with Gasteiger partial charge in [0.1, 0.15) is 0 Å². The zero-order valence-corrected chi connectivity index (χ0v) is 12.8. The molecule has 1 N–H and O–H groups in total. The Kier molecular flexibility index (Phi) is 4.72. The monoisotopic (exact) mass is 272 g/mol. The largest absolute Gasteiger partial charge is 0.316 e. The molecule has 0 radical (unpaired) electrons. The van der Waals surface area contributed by atoms with Crippen molar-refractivity contribution >= 4 is 0 Å². The lowest BCUT2D eigenvalue weighted by Crippen LogP contribution is -2.32. The van der Waals surface area contributed by atoms with Gasteiger partial charge in [0, 0.05) is 23.9 Å². The van der Waals surface area contributed by atoms with Gasteiger partial charge in [-0.1, -0.05) is 38.2 Å². The maximum Gasteiger partial charge on any atom is 0.0482 e. The van der Waals surface area contributed by atoms with E-state index in [1.807, 2.05) is 6.20 Å². The standard InChI is InChI=1S/C18H28N2/c1-19-17(12-9-14-6-3-2-4-7-14)16-11-10-15-8-5-13-20-18(15)16/h5,8,13-14,16-17,19H,2-4,6-7,9-12H2,1H3. The summed E-state index contributed by atoms with van der Waals surface area (Å²) in [6, 6.07) is 4.96. The first-order chi connectivity index (χ1) is 9.88. The summed E-state index contributed by atoms with van der Waals surface area (Å²) in [5.41, 5.74) is 2.85. The van der Waals surface area contributed by atoms with Crippen LogP contribution in [-0.4, -0.2) is 18.1 Å². The maximum absolute atomic E-state index is 4.66. The minimum Gasteiger partial charge on any atom is -0.316 e. The first-order valence-corrected chi connectivity index (χ1v) is 8.49. The fourth-order valence-corrected chi connectivity index (χ4v) is 4.27. The van der Waals surface area contributed by atoms with E-state index in [4.69, 9.17) is 0 Å². The highest BCUT2D eigenvalue weighted by atomic mass is 14.9. The summed E-state index contributed by atoms with van der Waals surface area (Å²) >= 11 is 0. The van der Waals surface area contributed by atoms with Gasteiger partial charge < -0.3 is 5.32 Å². The second-order valence-electron chi connectivity index (χ2n) is 6.67. The van der Waals surface area contributed by atoms with Crippen molar-refractivity contribution in [3.63, 3.8) is 0 Å². The third-order valence-corrected chi connectivity index (χ3v) is 5.47. The zero-order valence-electron chi connectivity index (χ0n) is 12.8. The van der Waals surface area contributed by atoms with Crippen molar-refractivity contribution in [1.82, 2.24) is 10.3 Å². The van der Waals surface area contributed by atoms with Crippen molar-refractivity contribution in [3.8, 4) is 0 Å². The van der Waals surface area contributed by atoms with Crippen LogP contribution in [0.2, 0.25) is 0 Å². The first kappa shape index (κ1) is 14.1. The topological polar surface area (TPSA) is 24.9 Å². The Balaban J connectivity index is 1.59. The fraction of sp³-hybridized carbons (Fsp3) is 0.722. The van der Waals surface area contributed by atoms with Gasteiger partial charge in [-0.15, -0.1) is 0 Å². The molecule has 0 aromatic carbocycles. The van der Waals surface area contributed by atoms with Gasteiger partial charge in [-0.2, -0.15) is 0 Å². The number of rotatable bonds is 5. The van der Waals surface area contributed by atoms with Crippen molar-refractivity contribution in [2.75, 3.05) is 7.05 Å². The SMILES string of the molecule is CNC(CCC1CCCCC1)C1CCc2cccnc21. The van der Waals surface area contributed by atoms with E-state index in [9.17, 15) is 0 Å². The molecule has 20 heavy (non-hydrogen) atoms. The average Bonchev–Trinajstić information content (AvgIpc) is 2.93. The van der Waals surface area contributed by atoms with Gasteiger partial charge in [-0.3, -0.25) is 4.98 Å². The van der Waals surface area contributed by atoms with Gasteiger partial charge in [0.15, 0.2) is 0 Å². The molecule has 1 aromatic rings. The van der Waals surface area contributed by atoms with Gasteiger partial charge in [0.05, 0.1) is 0 Å². The summed E-state index contributed by atoms with van der Waals surface area (Å²) in [5, 5.41) is 3.58. The summed E-state index contributed by atoms with van der Waals surface area (Å²) < 4.78 is 0. The molecule has 2 aliphatic rings. The lowest BCUT2D eigenvalue weighted by Gasteiger charge is -2.27. The minimum absolute atomic E-state index is 0.619. The van der Waals surface area contributed by atoms with Gasteiger partial charge in [-0.25, -0.2) is 0 Å². The summed E-state index contributed by atoms with van der Waals surface area (Å²) in [6.07, 6.45) is 14.5. The van der Waals surface area contributed by atoms with Crippen molar-refractivity contribution in [3.05, 3.63) is 29.6 Å². The Labute approximate surface area is 123 Å². The first-order valence-electron chi connectivity index (χ1n) is 8.49. The van der Waals surface area contributed by atoms with Crippen molar-refractivity contribution < 1.29 is 0 Å². The van der Waals surface area contributed by atoms with E-state index in [-0.39, 0.29) is 0 Å². The van der Waals surface area contributed by atoms with Crippen molar-refractivity contribution in [2.45, 2.75) is 69.7 Å². The number of aryl methyl sites for hydroxylation is 1. The molecule has 1 heterocycles.